The number of aliphatic hydroxyl groups is 1. The molecule has 0 saturated heterocycles. The quantitative estimate of drug-likeness (QED) is 0.776. The third kappa shape index (κ3) is 5.25. The Morgan fingerprint density at radius 3 is 2.89 bits per heavy atom. The largest absolute Gasteiger partial charge is 0.469 e. The molecule has 100 valence electrons. The summed E-state index contributed by atoms with van der Waals surface area (Å²) in [4.78, 5) is 12.8. The molecule has 0 aliphatic carbocycles. The van der Waals surface area contributed by atoms with Gasteiger partial charge in [-0.05, 0) is 24.7 Å². The Labute approximate surface area is 106 Å². The van der Waals surface area contributed by atoms with Gasteiger partial charge in [-0.1, -0.05) is 12.1 Å². The molecule has 5 heteroatoms. The van der Waals surface area contributed by atoms with Crippen LogP contribution in [-0.4, -0.2) is 42.8 Å². The number of benzene rings is 1. The Bertz CT molecular complexity index is 398. The zero-order valence-corrected chi connectivity index (χ0v) is 10.6. The Kier molecular flexibility index (Phi) is 5.74. The minimum atomic E-state index is -0.781. The second kappa shape index (κ2) is 7.08. The highest BCUT2D eigenvalue weighted by molar-refractivity contribution is 5.69. The van der Waals surface area contributed by atoms with Crippen LogP contribution in [-0.2, 0) is 16.1 Å². The van der Waals surface area contributed by atoms with Crippen LogP contribution < -0.4 is 0 Å². The molecule has 0 radical (unpaired) electrons. The molecule has 18 heavy (non-hydrogen) atoms. The first kappa shape index (κ1) is 14.6. The van der Waals surface area contributed by atoms with Crippen molar-refractivity contribution in [3.63, 3.8) is 0 Å². The molecule has 1 unspecified atom stereocenters. The summed E-state index contributed by atoms with van der Waals surface area (Å²) in [5, 5.41) is 9.64. The van der Waals surface area contributed by atoms with E-state index in [0.717, 1.165) is 5.56 Å². The summed E-state index contributed by atoms with van der Waals surface area (Å²) in [7, 11) is 3.08. The Hall–Kier alpha value is -1.46. The number of halogens is 1. The summed E-state index contributed by atoms with van der Waals surface area (Å²) in [5.41, 5.74) is 0.822. The third-order valence-corrected chi connectivity index (χ3v) is 2.49. The van der Waals surface area contributed by atoms with E-state index in [4.69, 9.17) is 0 Å². The van der Waals surface area contributed by atoms with E-state index in [-0.39, 0.29) is 12.2 Å². The highest BCUT2D eigenvalue weighted by Crippen LogP contribution is 2.07. The molecular weight excluding hydrogens is 237 g/mol. The number of carbonyl (C=O) groups is 1. The number of ether oxygens (including phenoxy) is 1. The second-order valence-corrected chi connectivity index (χ2v) is 4.26. The van der Waals surface area contributed by atoms with Crippen LogP contribution in [0.4, 0.5) is 4.39 Å². The van der Waals surface area contributed by atoms with E-state index in [1.165, 1.54) is 19.2 Å². The molecule has 4 nitrogen and oxygen atoms in total. The molecule has 0 spiro atoms. The predicted octanol–water partition coefficient (Wildman–Crippen LogP) is 1.18. The van der Waals surface area contributed by atoms with Crippen LogP contribution in [0.25, 0.3) is 0 Å². The zero-order chi connectivity index (χ0) is 13.5. The van der Waals surface area contributed by atoms with Gasteiger partial charge in [0, 0.05) is 13.1 Å². The van der Waals surface area contributed by atoms with Crippen LogP contribution in [0, 0.1) is 5.82 Å². The van der Waals surface area contributed by atoms with Gasteiger partial charge in [0.2, 0.25) is 0 Å². The van der Waals surface area contributed by atoms with E-state index in [9.17, 15) is 14.3 Å². The number of carbonyl (C=O) groups excluding carboxylic acids is 1. The van der Waals surface area contributed by atoms with Gasteiger partial charge in [0.15, 0.2) is 0 Å². The predicted molar refractivity (Wildman–Crippen MR) is 65.4 cm³/mol. The molecule has 0 saturated carbocycles. The SMILES string of the molecule is COC(=O)CC(O)CN(C)Cc1cccc(F)c1. The number of hydrogen-bond donors (Lipinski definition) is 1. The maximum absolute atomic E-state index is 13.0. The third-order valence-electron chi connectivity index (χ3n) is 2.49. The second-order valence-electron chi connectivity index (χ2n) is 4.26. The van der Waals surface area contributed by atoms with Crippen molar-refractivity contribution in [1.29, 1.82) is 0 Å². The molecule has 1 atom stereocenters. The monoisotopic (exact) mass is 255 g/mol. The summed E-state index contributed by atoms with van der Waals surface area (Å²) in [6, 6.07) is 6.29. The molecule has 1 N–H and O–H groups in total. The standard InChI is InChI=1S/C13H18FNO3/c1-15(9-12(16)7-13(17)18-2)8-10-4-3-5-11(14)6-10/h3-6,12,16H,7-9H2,1-2H3. The fourth-order valence-corrected chi connectivity index (χ4v) is 1.71. The van der Waals surface area contributed by atoms with Crippen LogP contribution in [0.1, 0.15) is 12.0 Å². The van der Waals surface area contributed by atoms with Crippen molar-refractivity contribution < 1.29 is 19.0 Å². The first-order valence-corrected chi connectivity index (χ1v) is 5.69. The molecular formula is C13H18FNO3. The lowest BCUT2D eigenvalue weighted by Crippen LogP contribution is -2.30. The molecule has 0 aromatic heterocycles. The molecule has 1 aromatic carbocycles. The van der Waals surface area contributed by atoms with E-state index >= 15 is 0 Å². The summed E-state index contributed by atoms with van der Waals surface area (Å²) in [6.45, 7) is 0.835. The van der Waals surface area contributed by atoms with Crippen molar-refractivity contribution in [3.8, 4) is 0 Å². The molecule has 0 fully saturated rings. The molecule has 0 aliphatic rings. The van der Waals surface area contributed by atoms with Crippen molar-refractivity contribution in [2.24, 2.45) is 0 Å². The number of hydrogen-bond acceptors (Lipinski definition) is 4. The highest BCUT2D eigenvalue weighted by Gasteiger charge is 2.13. The lowest BCUT2D eigenvalue weighted by atomic mass is 10.2. The average molecular weight is 255 g/mol. The topological polar surface area (TPSA) is 49.8 Å². The van der Waals surface area contributed by atoms with Crippen molar-refractivity contribution in [2.45, 2.75) is 19.1 Å². The molecule has 0 heterocycles. The van der Waals surface area contributed by atoms with Crippen LogP contribution in [0.5, 0.6) is 0 Å². The van der Waals surface area contributed by atoms with Crippen LogP contribution in [0.15, 0.2) is 24.3 Å². The zero-order valence-electron chi connectivity index (χ0n) is 10.6. The van der Waals surface area contributed by atoms with E-state index in [1.807, 2.05) is 11.0 Å². The summed E-state index contributed by atoms with van der Waals surface area (Å²) < 4.78 is 17.4. The van der Waals surface area contributed by atoms with Crippen molar-refractivity contribution in [3.05, 3.63) is 35.6 Å². The fourth-order valence-electron chi connectivity index (χ4n) is 1.71. The highest BCUT2D eigenvalue weighted by atomic mass is 19.1. The van der Waals surface area contributed by atoms with Crippen molar-refractivity contribution >= 4 is 5.97 Å². The lowest BCUT2D eigenvalue weighted by molar-refractivity contribution is -0.143. The Balaban J connectivity index is 2.41. The Morgan fingerprint density at radius 1 is 1.56 bits per heavy atom. The van der Waals surface area contributed by atoms with Gasteiger partial charge in [0.25, 0.3) is 0 Å². The summed E-state index contributed by atoms with van der Waals surface area (Å²) in [6.07, 6.45) is -0.819. The fraction of sp³-hybridized carbons (Fsp3) is 0.462. The molecule has 1 aromatic rings. The minimum Gasteiger partial charge on any atom is -0.469 e. The molecule has 0 aliphatic heterocycles. The van der Waals surface area contributed by atoms with Gasteiger partial charge < -0.3 is 9.84 Å². The van der Waals surface area contributed by atoms with Gasteiger partial charge >= 0.3 is 5.97 Å². The maximum Gasteiger partial charge on any atom is 0.308 e. The van der Waals surface area contributed by atoms with Crippen LogP contribution >= 0.6 is 0 Å². The number of nitrogens with zero attached hydrogens (tertiary/aromatic N) is 1. The van der Waals surface area contributed by atoms with Crippen molar-refractivity contribution in [2.75, 3.05) is 20.7 Å². The van der Waals surface area contributed by atoms with Gasteiger partial charge in [-0.15, -0.1) is 0 Å². The smallest absolute Gasteiger partial charge is 0.308 e. The van der Waals surface area contributed by atoms with Crippen LogP contribution in [0.3, 0.4) is 0 Å². The molecule has 0 bridgehead atoms. The van der Waals surface area contributed by atoms with E-state index in [0.29, 0.717) is 13.1 Å². The number of likely N-dealkylation sites (N-methyl/N-ethyl adjacent to an activating group) is 1. The number of aliphatic hydroxyl groups excluding tert-OH is 1. The normalized spacial score (nSPS) is 12.5. The van der Waals surface area contributed by atoms with E-state index < -0.39 is 12.1 Å². The van der Waals surface area contributed by atoms with Gasteiger partial charge in [-0.25, -0.2) is 4.39 Å². The van der Waals surface area contributed by atoms with Gasteiger partial charge in [-0.2, -0.15) is 0 Å². The van der Waals surface area contributed by atoms with Gasteiger partial charge in [-0.3, -0.25) is 9.69 Å². The number of rotatable bonds is 6. The minimum absolute atomic E-state index is 0.0377. The summed E-state index contributed by atoms with van der Waals surface area (Å²) >= 11 is 0. The molecule has 1 rings (SSSR count). The first-order valence-electron chi connectivity index (χ1n) is 5.69. The van der Waals surface area contributed by atoms with Crippen LogP contribution in [0.2, 0.25) is 0 Å². The average Bonchev–Trinajstić information content (AvgIpc) is 2.28. The number of methoxy groups -OCH3 is 1. The number of esters is 1. The van der Waals surface area contributed by atoms with E-state index in [2.05, 4.69) is 4.74 Å². The maximum atomic E-state index is 13.0. The van der Waals surface area contributed by atoms with Crippen molar-refractivity contribution in [1.82, 2.24) is 4.90 Å². The summed E-state index contributed by atoms with van der Waals surface area (Å²) in [5.74, 6) is -0.724. The van der Waals surface area contributed by atoms with Gasteiger partial charge in [0.1, 0.15) is 5.82 Å². The lowest BCUT2D eigenvalue weighted by Gasteiger charge is -2.20. The van der Waals surface area contributed by atoms with E-state index in [1.54, 1.807) is 13.1 Å². The molecule has 0 amide bonds. The Morgan fingerprint density at radius 2 is 2.28 bits per heavy atom. The first-order chi connectivity index (χ1) is 8.51. The van der Waals surface area contributed by atoms with Gasteiger partial charge in [0.05, 0.1) is 19.6 Å².